The number of hydrogen-bond acceptors (Lipinski definition) is 7. The van der Waals surface area contributed by atoms with Crippen molar-refractivity contribution in [3.05, 3.63) is 53.0 Å². The fourth-order valence-corrected chi connectivity index (χ4v) is 5.55. The van der Waals surface area contributed by atoms with E-state index in [-0.39, 0.29) is 10.8 Å². The van der Waals surface area contributed by atoms with Gasteiger partial charge in [0, 0.05) is 44.2 Å². The molecule has 1 saturated heterocycles. The molecule has 0 saturated carbocycles. The van der Waals surface area contributed by atoms with Crippen molar-refractivity contribution in [3.63, 3.8) is 0 Å². The second-order valence-corrected chi connectivity index (χ2v) is 9.87. The Hall–Kier alpha value is -2.53. The normalized spacial score (nSPS) is 15.9. The number of piperazine rings is 1. The third-order valence-electron chi connectivity index (χ3n) is 4.83. The summed E-state index contributed by atoms with van der Waals surface area (Å²) in [6, 6.07) is 9.97. The van der Waals surface area contributed by atoms with Gasteiger partial charge in [0.2, 0.25) is 15.9 Å². The summed E-state index contributed by atoms with van der Waals surface area (Å²) in [4.78, 5) is 18.2. The van der Waals surface area contributed by atoms with E-state index in [4.69, 9.17) is 4.42 Å². The average Bonchev–Trinajstić information content (AvgIpc) is 3.40. The minimum Gasteiger partial charge on any atom is -0.463 e. The van der Waals surface area contributed by atoms with Crippen LogP contribution in [0.4, 0.5) is 5.69 Å². The summed E-state index contributed by atoms with van der Waals surface area (Å²) >= 11 is 1.58. The fourth-order valence-electron chi connectivity index (χ4n) is 3.30. The molecule has 3 aromatic rings. The van der Waals surface area contributed by atoms with Crippen molar-refractivity contribution >= 4 is 33.0 Å². The van der Waals surface area contributed by atoms with Gasteiger partial charge in [-0.15, -0.1) is 11.3 Å². The molecule has 158 valence electrons. The second-order valence-electron chi connectivity index (χ2n) is 6.99. The standard InChI is InChI=1S/C20H22N4O4S2/c1-15(25)21-16-4-6-17(7-5-16)30(26,27)24-10-8-23(9-11-24)13-20-22-18(14-29-20)19-3-2-12-28-19/h2-7,12,14H,8-11,13H2,1H3,(H,21,25). The van der Waals surface area contributed by atoms with Crippen molar-refractivity contribution in [2.75, 3.05) is 31.5 Å². The number of carbonyl (C=O) groups is 1. The zero-order valence-electron chi connectivity index (χ0n) is 16.4. The highest BCUT2D eigenvalue weighted by molar-refractivity contribution is 7.89. The number of sulfonamides is 1. The Kier molecular flexibility index (Phi) is 6.00. The predicted octanol–water partition coefficient (Wildman–Crippen LogP) is 2.87. The first-order valence-corrected chi connectivity index (χ1v) is 11.8. The number of hydrogen-bond donors (Lipinski definition) is 1. The van der Waals surface area contributed by atoms with Crippen LogP contribution in [-0.2, 0) is 21.4 Å². The molecule has 0 spiro atoms. The molecule has 1 aromatic carbocycles. The second kappa shape index (κ2) is 8.68. The number of rotatable bonds is 6. The van der Waals surface area contributed by atoms with E-state index in [1.165, 1.54) is 23.4 Å². The molecule has 0 aliphatic carbocycles. The number of nitrogens with one attached hydrogen (secondary N) is 1. The van der Waals surface area contributed by atoms with Gasteiger partial charge in [0.15, 0.2) is 5.76 Å². The van der Waals surface area contributed by atoms with E-state index in [2.05, 4.69) is 15.2 Å². The summed E-state index contributed by atoms with van der Waals surface area (Å²) in [5.41, 5.74) is 1.40. The molecular formula is C20H22N4O4S2. The maximum atomic E-state index is 12.9. The number of nitrogens with zero attached hydrogens (tertiary/aromatic N) is 3. The Morgan fingerprint density at radius 3 is 2.53 bits per heavy atom. The number of aromatic nitrogens is 1. The number of carbonyl (C=O) groups excluding carboxylic acids is 1. The first-order valence-electron chi connectivity index (χ1n) is 9.50. The lowest BCUT2D eigenvalue weighted by atomic mass is 10.3. The quantitative estimate of drug-likeness (QED) is 0.626. The van der Waals surface area contributed by atoms with Crippen LogP contribution in [0.3, 0.4) is 0 Å². The molecule has 2 aromatic heterocycles. The zero-order valence-corrected chi connectivity index (χ0v) is 18.1. The molecule has 1 amide bonds. The first kappa shape index (κ1) is 20.7. The van der Waals surface area contributed by atoms with Crippen LogP contribution in [0.25, 0.3) is 11.5 Å². The number of thiazole rings is 1. The lowest BCUT2D eigenvalue weighted by Crippen LogP contribution is -2.48. The molecule has 3 heterocycles. The molecular weight excluding hydrogens is 424 g/mol. The highest BCUT2D eigenvalue weighted by Gasteiger charge is 2.28. The fraction of sp³-hybridized carbons (Fsp3) is 0.300. The van der Waals surface area contributed by atoms with Gasteiger partial charge in [-0.1, -0.05) is 0 Å². The number of benzene rings is 1. The van der Waals surface area contributed by atoms with E-state index in [1.807, 2.05) is 17.5 Å². The first-order chi connectivity index (χ1) is 14.4. The van der Waals surface area contributed by atoms with Gasteiger partial charge in [0.25, 0.3) is 0 Å². The van der Waals surface area contributed by atoms with E-state index in [0.29, 0.717) is 38.4 Å². The maximum Gasteiger partial charge on any atom is 0.243 e. The van der Waals surface area contributed by atoms with Gasteiger partial charge in [0.05, 0.1) is 17.7 Å². The van der Waals surface area contributed by atoms with Crippen molar-refractivity contribution in [2.45, 2.75) is 18.4 Å². The summed E-state index contributed by atoms with van der Waals surface area (Å²) in [6.07, 6.45) is 1.63. The van der Waals surface area contributed by atoms with Crippen LogP contribution in [0.2, 0.25) is 0 Å². The van der Waals surface area contributed by atoms with Crippen LogP contribution in [0.1, 0.15) is 11.9 Å². The van der Waals surface area contributed by atoms with Crippen LogP contribution >= 0.6 is 11.3 Å². The summed E-state index contributed by atoms with van der Waals surface area (Å²) in [7, 11) is -3.56. The molecule has 4 rings (SSSR count). The largest absolute Gasteiger partial charge is 0.463 e. The van der Waals surface area contributed by atoms with Gasteiger partial charge < -0.3 is 9.73 Å². The van der Waals surface area contributed by atoms with E-state index in [0.717, 1.165) is 16.5 Å². The summed E-state index contributed by atoms with van der Waals surface area (Å²) in [5, 5.41) is 5.59. The van der Waals surface area contributed by atoms with Crippen LogP contribution in [-0.4, -0.2) is 54.7 Å². The van der Waals surface area contributed by atoms with Crippen LogP contribution in [0.15, 0.2) is 57.4 Å². The summed E-state index contributed by atoms with van der Waals surface area (Å²) in [5.74, 6) is 0.552. The minimum absolute atomic E-state index is 0.196. The third-order valence-corrected chi connectivity index (χ3v) is 7.57. The molecule has 1 fully saturated rings. The topological polar surface area (TPSA) is 95.8 Å². The van der Waals surface area contributed by atoms with Gasteiger partial charge in [-0.3, -0.25) is 9.69 Å². The number of amides is 1. The maximum absolute atomic E-state index is 12.9. The lowest BCUT2D eigenvalue weighted by Gasteiger charge is -2.33. The molecule has 0 atom stereocenters. The molecule has 0 unspecified atom stereocenters. The smallest absolute Gasteiger partial charge is 0.243 e. The van der Waals surface area contributed by atoms with Crippen molar-refractivity contribution < 1.29 is 17.6 Å². The van der Waals surface area contributed by atoms with Crippen LogP contribution in [0.5, 0.6) is 0 Å². The number of anilines is 1. The molecule has 0 radical (unpaired) electrons. The summed E-state index contributed by atoms with van der Waals surface area (Å²) in [6.45, 7) is 4.22. The molecule has 1 aliphatic rings. The monoisotopic (exact) mass is 446 g/mol. The number of furan rings is 1. The summed E-state index contributed by atoms with van der Waals surface area (Å²) < 4.78 is 32.7. The molecule has 1 N–H and O–H groups in total. The van der Waals surface area contributed by atoms with Gasteiger partial charge in [-0.25, -0.2) is 13.4 Å². The van der Waals surface area contributed by atoms with Crippen LogP contribution < -0.4 is 5.32 Å². The van der Waals surface area contributed by atoms with E-state index in [1.54, 1.807) is 29.7 Å². The van der Waals surface area contributed by atoms with Gasteiger partial charge in [-0.05, 0) is 36.4 Å². The Morgan fingerprint density at radius 1 is 1.17 bits per heavy atom. The van der Waals surface area contributed by atoms with Crippen molar-refractivity contribution in [3.8, 4) is 11.5 Å². The Bertz CT molecular complexity index is 1100. The van der Waals surface area contributed by atoms with Gasteiger partial charge in [-0.2, -0.15) is 4.31 Å². The highest BCUT2D eigenvalue weighted by Crippen LogP contribution is 2.24. The molecule has 0 bridgehead atoms. The van der Waals surface area contributed by atoms with Gasteiger partial charge >= 0.3 is 0 Å². The van der Waals surface area contributed by atoms with Crippen molar-refractivity contribution in [2.24, 2.45) is 0 Å². The average molecular weight is 447 g/mol. The Balaban J connectivity index is 1.35. The molecule has 1 aliphatic heterocycles. The molecule has 10 heteroatoms. The minimum atomic E-state index is -3.56. The van der Waals surface area contributed by atoms with E-state index >= 15 is 0 Å². The Morgan fingerprint density at radius 2 is 1.90 bits per heavy atom. The van der Waals surface area contributed by atoms with Crippen LogP contribution in [0, 0.1) is 0 Å². The van der Waals surface area contributed by atoms with Crippen molar-refractivity contribution in [1.82, 2.24) is 14.2 Å². The Labute approximate surface area is 179 Å². The zero-order chi connectivity index (χ0) is 21.1. The third kappa shape index (κ3) is 4.62. The lowest BCUT2D eigenvalue weighted by molar-refractivity contribution is -0.114. The predicted molar refractivity (Wildman–Crippen MR) is 115 cm³/mol. The SMILES string of the molecule is CC(=O)Nc1ccc(S(=O)(=O)N2CCN(Cc3nc(-c4ccco4)cs3)CC2)cc1. The molecule has 8 nitrogen and oxygen atoms in total. The van der Waals surface area contributed by atoms with Crippen molar-refractivity contribution in [1.29, 1.82) is 0 Å². The van der Waals surface area contributed by atoms with E-state index in [9.17, 15) is 13.2 Å². The van der Waals surface area contributed by atoms with E-state index < -0.39 is 10.0 Å². The molecule has 30 heavy (non-hydrogen) atoms. The van der Waals surface area contributed by atoms with Gasteiger partial charge in [0.1, 0.15) is 10.7 Å². The highest BCUT2D eigenvalue weighted by atomic mass is 32.2.